The van der Waals surface area contributed by atoms with E-state index >= 15 is 0 Å². The molecule has 0 aliphatic rings. The first-order valence-corrected chi connectivity index (χ1v) is 3.91. The quantitative estimate of drug-likeness (QED) is 0.598. The van der Waals surface area contributed by atoms with Crippen LogP contribution >= 0.6 is 11.6 Å². The fraction of sp³-hybridized carbons (Fsp3) is 0.571. The molecule has 0 bridgehead atoms. The number of hydrogen-bond donors (Lipinski definition) is 2. The molecule has 0 atom stereocenters. The van der Waals surface area contributed by atoms with Gasteiger partial charge in [-0.3, -0.25) is 4.79 Å². The van der Waals surface area contributed by atoms with Crippen LogP contribution < -0.4 is 10.6 Å². The fourth-order valence-electron chi connectivity index (χ4n) is 0.557. The zero-order valence-corrected chi connectivity index (χ0v) is 7.32. The molecule has 2 N–H and O–H groups in total. The number of nitrogens with one attached hydrogen (secondary N) is 2. The highest BCUT2D eigenvalue weighted by Crippen LogP contribution is 1.74. The molecule has 0 heterocycles. The molecular weight excluding hydrogens is 164 g/mol. The Balaban J connectivity index is 2.96. The Hall–Kier alpha value is -0.540. The fourth-order valence-corrected chi connectivity index (χ4v) is 0.646. The average Bonchev–Trinajstić information content (AvgIpc) is 1.96. The Bertz CT molecular complexity index is 136. The van der Waals surface area contributed by atoms with Gasteiger partial charge in [0, 0.05) is 32.1 Å². The van der Waals surface area contributed by atoms with E-state index in [0.717, 1.165) is 13.1 Å². The van der Waals surface area contributed by atoms with Crippen molar-refractivity contribution in [1.82, 2.24) is 10.6 Å². The van der Waals surface area contributed by atoms with Crippen molar-refractivity contribution in [2.45, 2.75) is 6.92 Å². The highest BCUT2D eigenvalue weighted by atomic mass is 35.5. The second-order valence-electron chi connectivity index (χ2n) is 2.05. The van der Waals surface area contributed by atoms with E-state index in [1.807, 2.05) is 0 Å². The van der Waals surface area contributed by atoms with Gasteiger partial charge in [0.05, 0.1) is 0 Å². The van der Waals surface area contributed by atoms with E-state index in [1.165, 1.54) is 12.5 Å². The Morgan fingerprint density at radius 2 is 2.27 bits per heavy atom. The Labute approximate surface area is 71.8 Å². The van der Waals surface area contributed by atoms with Crippen molar-refractivity contribution in [1.29, 1.82) is 0 Å². The van der Waals surface area contributed by atoms with Crippen LogP contribution in [-0.2, 0) is 4.79 Å². The lowest BCUT2D eigenvalue weighted by Gasteiger charge is -2.01. The molecule has 0 aliphatic heterocycles. The minimum absolute atomic E-state index is 0.000291. The number of hydrogen-bond acceptors (Lipinski definition) is 2. The van der Waals surface area contributed by atoms with Gasteiger partial charge in [-0.25, -0.2) is 0 Å². The Kier molecular flexibility index (Phi) is 7.19. The van der Waals surface area contributed by atoms with Crippen molar-refractivity contribution in [2.24, 2.45) is 0 Å². The van der Waals surface area contributed by atoms with Crippen molar-refractivity contribution in [3.63, 3.8) is 0 Å². The first-order valence-electron chi connectivity index (χ1n) is 3.47. The van der Waals surface area contributed by atoms with E-state index in [-0.39, 0.29) is 5.91 Å². The van der Waals surface area contributed by atoms with Gasteiger partial charge in [0.1, 0.15) is 0 Å². The summed E-state index contributed by atoms with van der Waals surface area (Å²) in [5.74, 6) is -0.000291. The van der Waals surface area contributed by atoms with Gasteiger partial charge in [0.25, 0.3) is 0 Å². The van der Waals surface area contributed by atoms with Crippen molar-refractivity contribution >= 4 is 17.5 Å². The molecule has 0 spiro atoms. The largest absolute Gasteiger partial charge is 0.355 e. The normalized spacial score (nSPS) is 10.4. The molecule has 1 amide bonds. The van der Waals surface area contributed by atoms with Crippen molar-refractivity contribution in [2.75, 3.05) is 19.6 Å². The molecular formula is C7H13ClN2O. The molecule has 0 fully saturated rings. The highest BCUT2D eigenvalue weighted by Gasteiger charge is 1.87. The third-order valence-electron chi connectivity index (χ3n) is 1.03. The third-order valence-corrected chi connectivity index (χ3v) is 1.21. The second-order valence-corrected chi connectivity index (χ2v) is 2.30. The monoisotopic (exact) mass is 176 g/mol. The number of carbonyl (C=O) groups excluding carboxylic acids is 1. The first kappa shape index (κ1) is 10.5. The van der Waals surface area contributed by atoms with E-state index in [4.69, 9.17) is 11.6 Å². The molecule has 0 aromatic heterocycles. The van der Waals surface area contributed by atoms with Gasteiger partial charge in [0.15, 0.2) is 0 Å². The minimum Gasteiger partial charge on any atom is -0.355 e. The van der Waals surface area contributed by atoms with Crippen LogP contribution in [0.15, 0.2) is 11.6 Å². The standard InChI is InChI=1S/C7H13ClN2O/c1-7(11)10-6-5-9-4-2-3-8/h2-3,9H,4-6H2,1H3,(H,10,11)/b3-2+. The maximum Gasteiger partial charge on any atom is 0.216 e. The molecule has 11 heavy (non-hydrogen) atoms. The van der Waals surface area contributed by atoms with E-state index in [2.05, 4.69) is 10.6 Å². The van der Waals surface area contributed by atoms with Gasteiger partial charge in [-0.2, -0.15) is 0 Å². The van der Waals surface area contributed by atoms with Gasteiger partial charge in [-0.1, -0.05) is 17.7 Å². The maximum absolute atomic E-state index is 10.4. The lowest BCUT2D eigenvalue weighted by molar-refractivity contribution is -0.118. The van der Waals surface area contributed by atoms with E-state index < -0.39 is 0 Å². The third kappa shape index (κ3) is 9.46. The van der Waals surface area contributed by atoms with Gasteiger partial charge < -0.3 is 10.6 Å². The molecule has 0 saturated carbocycles. The summed E-state index contributed by atoms with van der Waals surface area (Å²) in [5.41, 5.74) is 1.46. The Morgan fingerprint density at radius 1 is 1.55 bits per heavy atom. The van der Waals surface area contributed by atoms with E-state index in [0.29, 0.717) is 6.54 Å². The van der Waals surface area contributed by atoms with Gasteiger partial charge in [-0.05, 0) is 0 Å². The number of rotatable bonds is 5. The van der Waals surface area contributed by atoms with Crippen LogP contribution in [0.3, 0.4) is 0 Å². The van der Waals surface area contributed by atoms with E-state index in [9.17, 15) is 4.79 Å². The molecule has 3 nitrogen and oxygen atoms in total. The van der Waals surface area contributed by atoms with Crippen LogP contribution in [0.5, 0.6) is 0 Å². The maximum atomic E-state index is 10.4. The predicted octanol–water partition coefficient (Wildman–Crippen LogP) is 0.465. The molecule has 0 saturated heterocycles. The average molecular weight is 177 g/mol. The summed E-state index contributed by atoms with van der Waals surface area (Å²) in [7, 11) is 0. The van der Waals surface area contributed by atoms with Crippen molar-refractivity contribution < 1.29 is 4.79 Å². The summed E-state index contributed by atoms with van der Waals surface area (Å²) >= 11 is 5.27. The van der Waals surface area contributed by atoms with Gasteiger partial charge in [-0.15, -0.1) is 0 Å². The molecule has 0 rings (SSSR count). The first-order chi connectivity index (χ1) is 5.27. The molecule has 0 unspecified atom stereocenters. The lowest BCUT2D eigenvalue weighted by atomic mass is 10.5. The molecule has 64 valence electrons. The SMILES string of the molecule is CC(=O)NCCNC/C=C/Cl. The summed E-state index contributed by atoms with van der Waals surface area (Å²) in [4.78, 5) is 10.4. The molecule has 0 aromatic carbocycles. The smallest absolute Gasteiger partial charge is 0.216 e. The molecule has 0 aromatic rings. The summed E-state index contributed by atoms with van der Waals surface area (Å²) < 4.78 is 0. The summed E-state index contributed by atoms with van der Waals surface area (Å²) in [6.07, 6.45) is 1.80. The number of halogens is 1. The zero-order valence-electron chi connectivity index (χ0n) is 6.56. The van der Waals surface area contributed by atoms with Crippen LogP contribution in [0.25, 0.3) is 0 Å². The minimum atomic E-state index is -0.000291. The Morgan fingerprint density at radius 3 is 2.82 bits per heavy atom. The van der Waals surface area contributed by atoms with Crippen LogP contribution in [0, 0.1) is 0 Å². The predicted molar refractivity (Wildman–Crippen MR) is 46.5 cm³/mol. The van der Waals surface area contributed by atoms with Crippen LogP contribution in [0.2, 0.25) is 0 Å². The highest BCUT2D eigenvalue weighted by molar-refractivity contribution is 6.25. The number of carbonyl (C=O) groups is 1. The summed E-state index contributed by atoms with van der Waals surface area (Å²) in [6.45, 7) is 3.66. The number of amides is 1. The van der Waals surface area contributed by atoms with Crippen molar-refractivity contribution in [3.05, 3.63) is 11.6 Å². The summed E-state index contributed by atoms with van der Waals surface area (Å²) in [5, 5.41) is 5.72. The van der Waals surface area contributed by atoms with Crippen LogP contribution in [0.1, 0.15) is 6.92 Å². The molecule has 0 radical (unpaired) electrons. The molecule has 0 aliphatic carbocycles. The second kappa shape index (κ2) is 7.57. The van der Waals surface area contributed by atoms with Gasteiger partial charge >= 0.3 is 0 Å². The molecule has 4 heteroatoms. The zero-order chi connectivity index (χ0) is 8.53. The van der Waals surface area contributed by atoms with Crippen molar-refractivity contribution in [3.8, 4) is 0 Å². The van der Waals surface area contributed by atoms with Gasteiger partial charge in [0.2, 0.25) is 5.91 Å². The lowest BCUT2D eigenvalue weighted by Crippen LogP contribution is -2.30. The van der Waals surface area contributed by atoms with Crippen LogP contribution in [0.4, 0.5) is 0 Å². The van der Waals surface area contributed by atoms with E-state index in [1.54, 1.807) is 6.08 Å². The summed E-state index contributed by atoms with van der Waals surface area (Å²) in [6, 6.07) is 0. The topological polar surface area (TPSA) is 41.1 Å². The van der Waals surface area contributed by atoms with Crippen LogP contribution in [-0.4, -0.2) is 25.5 Å².